The van der Waals surface area contributed by atoms with Crippen LogP contribution in [0.25, 0.3) is 22.7 Å². The number of H-pyrrole nitrogens is 1. The molecular weight excluding hydrogens is 326 g/mol. The number of hydrogen-bond acceptors (Lipinski definition) is 4. The average molecular weight is 347 g/mol. The fourth-order valence-electron chi connectivity index (χ4n) is 2.57. The lowest BCUT2D eigenvalue weighted by Gasteiger charge is -2.15. The lowest BCUT2D eigenvalue weighted by atomic mass is 10.1. The minimum absolute atomic E-state index is 0.107. The summed E-state index contributed by atoms with van der Waals surface area (Å²) in [6, 6.07) is 15.5. The Labute approximate surface area is 152 Å². The van der Waals surface area contributed by atoms with Gasteiger partial charge in [0.2, 0.25) is 0 Å². The fraction of sp³-hybridized carbons (Fsp3) is 0.238. The molecule has 0 spiro atoms. The maximum absolute atomic E-state index is 9.56. The van der Waals surface area contributed by atoms with Crippen molar-refractivity contribution in [1.29, 1.82) is 5.26 Å². The molecule has 5 heteroatoms. The zero-order valence-corrected chi connectivity index (χ0v) is 15.1. The number of nitriles is 1. The normalized spacial score (nSPS) is 12.6. The van der Waals surface area contributed by atoms with Crippen LogP contribution in [0, 0.1) is 11.3 Å². The number of nitrogens with zero attached hydrogens (tertiary/aromatic N) is 2. The third-order valence-electron chi connectivity index (χ3n) is 4.17. The summed E-state index contributed by atoms with van der Waals surface area (Å²) in [7, 11) is 1.61. The van der Waals surface area contributed by atoms with Crippen molar-refractivity contribution in [2.75, 3.05) is 7.11 Å². The number of fused-ring (bicyclic) bond motifs is 1. The first kappa shape index (κ1) is 17.6. The molecular formula is C21H21N3O2. The number of nitrogens with one attached hydrogen (secondary N) is 1. The Hall–Kier alpha value is -3.26. The van der Waals surface area contributed by atoms with E-state index in [1.54, 1.807) is 13.2 Å². The van der Waals surface area contributed by atoms with Gasteiger partial charge in [-0.05, 0) is 49.2 Å². The Morgan fingerprint density at radius 3 is 2.77 bits per heavy atom. The van der Waals surface area contributed by atoms with Crippen molar-refractivity contribution in [2.24, 2.45) is 0 Å². The molecule has 26 heavy (non-hydrogen) atoms. The minimum Gasteiger partial charge on any atom is -0.493 e. The molecule has 3 rings (SSSR count). The highest BCUT2D eigenvalue weighted by atomic mass is 16.5. The molecule has 0 bridgehead atoms. The largest absolute Gasteiger partial charge is 0.493 e. The van der Waals surface area contributed by atoms with Gasteiger partial charge < -0.3 is 14.5 Å². The number of allylic oxidation sites excluding steroid dienone is 1. The van der Waals surface area contributed by atoms with Crippen LogP contribution in [0.1, 0.15) is 31.7 Å². The number of benzene rings is 2. The van der Waals surface area contributed by atoms with Gasteiger partial charge >= 0.3 is 0 Å². The van der Waals surface area contributed by atoms with Crippen molar-refractivity contribution in [2.45, 2.75) is 26.4 Å². The molecule has 3 aromatic rings. The molecule has 132 valence electrons. The zero-order valence-electron chi connectivity index (χ0n) is 15.1. The highest BCUT2D eigenvalue weighted by Crippen LogP contribution is 2.31. The van der Waals surface area contributed by atoms with E-state index in [1.807, 2.05) is 49.4 Å². The SMILES string of the molecule is CCC(C)Oc1ccc(/C=C(/C#N)c2nc3ccccc3[nH]2)cc1OC. The van der Waals surface area contributed by atoms with Crippen molar-refractivity contribution < 1.29 is 9.47 Å². The lowest BCUT2D eigenvalue weighted by Crippen LogP contribution is -2.10. The summed E-state index contributed by atoms with van der Waals surface area (Å²) in [5, 5.41) is 9.56. The first-order chi connectivity index (χ1) is 12.6. The monoisotopic (exact) mass is 347 g/mol. The Bertz CT molecular complexity index is 949. The van der Waals surface area contributed by atoms with Crippen LogP contribution < -0.4 is 9.47 Å². The van der Waals surface area contributed by atoms with Gasteiger partial charge in [-0.15, -0.1) is 0 Å². The third kappa shape index (κ3) is 3.70. The van der Waals surface area contributed by atoms with Crippen LogP contribution >= 0.6 is 0 Å². The molecule has 0 radical (unpaired) electrons. The second kappa shape index (κ2) is 7.75. The minimum atomic E-state index is 0.107. The standard InChI is InChI=1S/C21H21N3O2/c1-4-14(2)26-19-10-9-15(12-20(19)25-3)11-16(13-22)21-23-17-7-5-6-8-18(17)24-21/h5-12,14H,4H2,1-3H3,(H,23,24)/b16-11-. The van der Waals surface area contributed by atoms with E-state index in [9.17, 15) is 5.26 Å². The van der Waals surface area contributed by atoms with Crippen molar-refractivity contribution in [3.8, 4) is 17.6 Å². The zero-order chi connectivity index (χ0) is 18.5. The second-order valence-electron chi connectivity index (χ2n) is 6.02. The maximum atomic E-state index is 9.56. The van der Waals surface area contributed by atoms with E-state index in [0.717, 1.165) is 23.0 Å². The Balaban J connectivity index is 1.95. The number of imidazole rings is 1. The van der Waals surface area contributed by atoms with Crippen LogP contribution in [0.3, 0.4) is 0 Å². The maximum Gasteiger partial charge on any atom is 0.161 e. The predicted molar refractivity (Wildman–Crippen MR) is 103 cm³/mol. The number of hydrogen-bond donors (Lipinski definition) is 1. The number of aromatic nitrogens is 2. The molecule has 0 aliphatic carbocycles. The van der Waals surface area contributed by atoms with E-state index in [-0.39, 0.29) is 6.10 Å². The number of aromatic amines is 1. The first-order valence-electron chi connectivity index (χ1n) is 8.56. The molecule has 1 aromatic heterocycles. The summed E-state index contributed by atoms with van der Waals surface area (Å²) in [5.41, 5.74) is 3.03. The van der Waals surface area contributed by atoms with Gasteiger partial charge in [0, 0.05) is 0 Å². The number of para-hydroxylation sites is 2. The molecule has 0 saturated carbocycles. The first-order valence-corrected chi connectivity index (χ1v) is 8.56. The molecule has 1 atom stereocenters. The van der Waals surface area contributed by atoms with Crippen molar-refractivity contribution in [3.05, 3.63) is 53.9 Å². The van der Waals surface area contributed by atoms with Crippen LogP contribution in [0.15, 0.2) is 42.5 Å². The van der Waals surface area contributed by atoms with Gasteiger partial charge in [0.25, 0.3) is 0 Å². The van der Waals surface area contributed by atoms with Gasteiger partial charge in [-0.3, -0.25) is 0 Å². The summed E-state index contributed by atoms with van der Waals surface area (Å²) < 4.78 is 11.3. The quantitative estimate of drug-likeness (QED) is 0.649. The van der Waals surface area contributed by atoms with E-state index in [0.29, 0.717) is 22.9 Å². The van der Waals surface area contributed by atoms with Crippen LogP contribution in [0.4, 0.5) is 0 Å². The molecule has 0 aliphatic rings. The molecule has 2 aromatic carbocycles. The van der Waals surface area contributed by atoms with Crippen LogP contribution in [-0.4, -0.2) is 23.2 Å². The van der Waals surface area contributed by atoms with E-state index >= 15 is 0 Å². The summed E-state index contributed by atoms with van der Waals surface area (Å²) in [4.78, 5) is 7.67. The van der Waals surface area contributed by atoms with Gasteiger partial charge in [0.15, 0.2) is 11.5 Å². The topological polar surface area (TPSA) is 70.9 Å². The highest BCUT2D eigenvalue weighted by Gasteiger charge is 2.11. The van der Waals surface area contributed by atoms with Gasteiger partial charge in [-0.25, -0.2) is 4.98 Å². The van der Waals surface area contributed by atoms with Crippen LogP contribution in [0.5, 0.6) is 11.5 Å². The molecule has 0 amide bonds. The Morgan fingerprint density at radius 1 is 1.27 bits per heavy atom. The number of ether oxygens (including phenoxy) is 2. The van der Waals surface area contributed by atoms with E-state index in [1.165, 1.54) is 0 Å². The molecule has 0 aliphatic heterocycles. The van der Waals surface area contributed by atoms with Crippen molar-refractivity contribution >= 4 is 22.7 Å². The molecule has 1 N–H and O–H groups in total. The number of methoxy groups -OCH3 is 1. The average Bonchev–Trinajstić information content (AvgIpc) is 3.10. The molecule has 5 nitrogen and oxygen atoms in total. The summed E-state index contributed by atoms with van der Waals surface area (Å²) in [5.74, 6) is 1.88. The Morgan fingerprint density at radius 2 is 2.08 bits per heavy atom. The molecule has 0 saturated heterocycles. The van der Waals surface area contributed by atoms with Crippen LogP contribution in [0.2, 0.25) is 0 Å². The third-order valence-corrected chi connectivity index (χ3v) is 4.17. The Kier molecular flexibility index (Phi) is 5.23. The highest BCUT2D eigenvalue weighted by molar-refractivity contribution is 5.90. The van der Waals surface area contributed by atoms with Gasteiger partial charge in [-0.2, -0.15) is 5.26 Å². The molecule has 0 fully saturated rings. The summed E-state index contributed by atoms with van der Waals surface area (Å²) in [6.07, 6.45) is 2.80. The van der Waals surface area contributed by atoms with Crippen molar-refractivity contribution in [1.82, 2.24) is 9.97 Å². The summed E-state index contributed by atoms with van der Waals surface area (Å²) >= 11 is 0. The molecule has 1 heterocycles. The van der Waals surface area contributed by atoms with E-state index < -0.39 is 0 Å². The van der Waals surface area contributed by atoms with Gasteiger partial charge in [0.05, 0.1) is 29.8 Å². The van der Waals surface area contributed by atoms with Gasteiger partial charge in [-0.1, -0.05) is 25.1 Å². The second-order valence-corrected chi connectivity index (χ2v) is 6.02. The smallest absolute Gasteiger partial charge is 0.161 e. The van der Waals surface area contributed by atoms with Crippen molar-refractivity contribution in [3.63, 3.8) is 0 Å². The number of rotatable bonds is 6. The van der Waals surface area contributed by atoms with E-state index in [4.69, 9.17) is 9.47 Å². The van der Waals surface area contributed by atoms with Crippen LogP contribution in [-0.2, 0) is 0 Å². The van der Waals surface area contributed by atoms with E-state index in [2.05, 4.69) is 23.0 Å². The summed E-state index contributed by atoms with van der Waals surface area (Å²) in [6.45, 7) is 4.09. The lowest BCUT2D eigenvalue weighted by molar-refractivity contribution is 0.207. The van der Waals surface area contributed by atoms with Gasteiger partial charge in [0.1, 0.15) is 11.9 Å². The molecule has 1 unspecified atom stereocenters. The predicted octanol–water partition coefficient (Wildman–Crippen LogP) is 4.81. The fourth-order valence-corrected chi connectivity index (χ4v) is 2.57.